The summed E-state index contributed by atoms with van der Waals surface area (Å²) < 4.78 is 22.1. The molecule has 0 N–H and O–H groups in total. The van der Waals surface area contributed by atoms with Crippen LogP contribution in [0.5, 0.6) is 0 Å². The van der Waals surface area contributed by atoms with Crippen molar-refractivity contribution in [1.29, 1.82) is 5.26 Å². The first-order chi connectivity index (χ1) is 6.36. The summed E-state index contributed by atoms with van der Waals surface area (Å²) in [5, 5.41) is 8.79. The highest BCUT2D eigenvalue weighted by Gasteiger charge is 2.18. The van der Waals surface area contributed by atoms with Crippen LogP contribution in [0.25, 0.3) is 0 Å². The van der Waals surface area contributed by atoms with Crippen molar-refractivity contribution >= 4 is 31.3 Å². The van der Waals surface area contributed by atoms with Crippen LogP contribution < -0.4 is 0 Å². The van der Waals surface area contributed by atoms with Crippen LogP contribution in [0.2, 0.25) is 5.02 Å². The molecule has 0 atom stereocenters. The van der Waals surface area contributed by atoms with E-state index in [0.717, 1.165) is 0 Å². The van der Waals surface area contributed by atoms with Crippen molar-refractivity contribution in [2.24, 2.45) is 0 Å². The van der Waals surface area contributed by atoms with Gasteiger partial charge in [-0.05, 0) is 24.6 Å². The van der Waals surface area contributed by atoms with Gasteiger partial charge in [-0.2, -0.15) is 5.26 Å². The van der Waals surface area contributed by atoms with Crippen molar-refractivity contribution in [2.45, 2.75) is 11.8 Å². The van der Waals surface area contributed by atoms with E-state index < -0.39 is 9.05 Å². The molecule has 0 saturated heterocycles. The molecule has 0 saturated carbocycles. The molecular weight excluding hydrogens is 245 g/mol. The van der Waals surface area contributed by atoms with Crippen LogP contribution in [0.3, 0.4) is 0 Å². The Morgan fingerprint density at radius 2 is 2.00 bits per heavy atom. The summed E-state index contributed by atoms with van der Waals surface area (Å²) in [6, 6.07) is 4.52. The molecule has 0 aliphatic carbocycles. The zero-order chi connectivity index (χ0) is 10.9. The molecule has 0 aliphatic rings. The van der Waals surface area contributed by atoms with Crippen molar-refractivity contribution in [2.75, 3.05) is 0 Å². The molecule has 6 heteroatoms. The Kier molecular flexibility index (Phi) is 3.05. The number of nitriles is 1. The number of hydrogen-bond acceptors (Lipinski definition) is 3. The Hall–Kier alpha value is -0.760. The van der Waals surface area contributed by atoms with Gasteiger partial charge in [0.2, 0.25) is 0 Å². The van der Waals surface area contributed by atoms with E-state index in [0.29, 0.717) is 5.56 Å². The summed E-state index contributed by atoms with van der Waals surface area (Å²) in [5.41, 5.74) is 0.514. The third kappa shape index (κ3) is 2.18. The van der Waals surface area contributed by atoms with Crippen LogP contribution in [0.4, 0.5) is 0 Å². The van der Waals surface area contributed by atoms with E-state index in [9.17, 15) is 8.42 Å². The molecule has 14 heavy (non-hydrogen) atoms. The highest BCUT2D eigenvalue weighted by atomic mass is 35.7. The molecule has 1 aromatic rings. The van der Waals surface area contributed by atoms with Crippen LogP contribution in [0, 0.1) is 18.3 Å². The first-order valence-corrected chi connectivity index (χ1v) is 6.20. The van der Waals surface area contributed by atoms with E-state index in [1.807, 2.05) is 0 Å². The molecule has 0 aromatic heterocycles. The van der Waals surface area contributed by atoms with Crippen LogP contribution >= 0.6 is 22.3 Å². The summed E-state index contributed by atoms with van der Waals surface area (Å²) in [6.07, 6.45) is 0. The van der Waals surface area contributed by atoms with Crippen molar-refractivity contribution in [3.8, 4) is 6.07 Å². The molecule has 0 fully saturated rings. The zero-order valence-corrected chi connectivity index (χ0v) is 9.41. The second-order valence-corrected chi connectivity index (χ2v) is 5.61. The van der Waals surface area contributed by atoms with E-state index in [1.54, 1.807) is 13.0 Å². The van der Waals surface area contributed by atoms with Crippen LogP contribution in [-0.4, -0.2) is 8.42 Å². The first-order valence-electron chi connectivity index (χ1n) is 3.51. The Balaban J connectivity index is 3.68. The summed E-state index contributed by atoms with van der Waals surface area (Å²) in [5.74, 6) is 0. The first kappa shape index (κ1) is 11.3. The third-order valence-corrected chi connectivity index (χ3v) is 3.22. The molecule has 74 valence electrons. The molecule has 0 radical (unpaired) electrons. The third-order valence-electron chi connectivity index (χ3n) is 1.57. The van der Waals surface area contributed by atoms with E-state index in [4.69, 9.17) is 27.5 Å². The minimum atomic E-state index is -3.93. The molecule has 0 heterocycles. The zero-order valence-electron chi connectivity index (χ0n) is 7.08. The second-order valence-electron chi connectivity index (χ2n) is 2.67. The van der Waals surface area contributed by atoms with Gasteiger partial charge in [0.1, 0.15) is 11.0 Å². The minimum Gasteiger partial charge on any atom is -0.207 e. The summed E-state index contributed by atoms with van der Waals surface area (Å²) >= 11 is 5.70. The lowest BCUT2D eigenvalue weighted by Gasteiger charge is -2.03. The fraction of sp³-hybridized carbons (Fsp3) is 0.125. The van der Waals surface area contributed by atoms with Gasteiger partial charge in [0.25, 0.3) is 9.05 Å². The van der Waals surface area contributed by atoms with Crippen LogP contribution in [-0.2, 0) is 9.05 Å². The average Bonchev–Trinajstić information content (AvgIpc) is 2.01. The monoisotopic (exact) mass is 249 g/mol. The number of benzene rings is 1. The lowest BCUT2D eigenvalue weighted by molar-refractivity contribution is 0.609. The maximum Gasteiger partial charge on any atom is 0.262 e. The SMILES string of the molecule is Cc1cc(Cl)c(C#N)c(S(=O)(=O)Cl)c1. The van der Waals surface area contributed by atoms with E-state index in [-0.39, 0.29) is 15.5 Å². The van der Waals surface area contributed by atoms with Gasteiger partial charge in [0.15, 0.2) is 0 Å². The van der Waals surface area contributed by atoms with E-state index in [2.05, 4.69) is 0 Å². The van der Waals surface area contributed by atoms with Gasteiger partial charge in [0, 0.05) is 10.7 Å². The highest BCUT2D eigenvalue weighted by molar-refractivity contribution is 8.13. The largest absolute Gasteiger partial charge is 0.262 e. The predicted molar refractivity (Wildman–Crippen MR) is 53.9 cm³/mol. The van der Waals surface area contributed by atoms with Crippen molar-refractivity contribution in [1.82, 2.24) is 0 Å². The normalized spacial score (nSPS) is 11.0. The van der Waals surface area contributed by atoms with Crippen LogP contribution in [0.15, 0.2) is 17.0 Å². The van der Waals surface area contributed by atoms with Gasteiger partial charge < -0.3 is 0 Å². The molecule has 0 spiro atoms. The minimum absolute atomic E-state index is 0.0896. The summed E-state index contributed by atoms with van der Waals surface area (Å²) in [6.45, 7) is 1.67. The Morgan fingerprint density at radius 1 is 1.43 bits per heavy atom. The Morgan fingerprint density at radius 3 is 2.43 bits per heavy atom. The maximum absolute atomic E-state index is 11.1. The summed E-state index contributed by atoms with van der Waals surface area (Å²) in [4.78, 5) is -0.244. The van der Waals surface area contributed by atoms with E-state index in [1.165, 1.54) is 12.1 Å². The molecule has 3 nitrogen and oxygen atoms in total. The van der Waals surface area contributed by atoms with Crippen molar-refractivity contribution < 1.29 is 8.42 Å². The number of nitrogens with zero attached hydrogens (tertiary/aromatic N) is 1. The van der Waals surface area contributed by atoms with Gasteiger partial charge in [0.05, 0.1) is 10.6 Å². The number of hydrogen-bond donors (Lipinski definition) is 0. The lowest BCUT2D eigenvalue weighted by atomic mass is 10.2. The lowest BCUT2D eigenvalue weighted by Crippen LogP contribution is -1.96. The number of rotatable bonds is 1. The van der Waals surface area contributed by atoms with Gasteiger partial charge in [-0.3, -0.25) is 0 Å². The quantitative estimate of drug-likeness (QED) is 0.719. The molecular formula is C8H5Cl2NO2S. The smallest absolute Gasteiger partial charge is 0.207 e. The van der Waals surface area contributed by atoms with Gasteiger partial charge in [-0.15, -0.1) is 0 Å². The van der Waals surface area contributed by atoms with Crippen LogP contribution in [0.1, 0.15) is 11.1 Å². The Labute approximate surface area is 91.3 Å². The standard InChI is InChI=1S/C8H5Cl2NO2S/c1-5-2-7(9)6(4-11)8(3-5)14(10,12)13/h2-3H,1H3. The second kappa shape index (κ2) is 3.77. The molecule has 0 unspecified atom stereocenters. The molecule has 1 aromatic carbocycles. The molecule has 1 rings (SSSR count). The fourth-order valence-corrected chi connectivity index (χ4v) is 2.47. The van der Waals surface area contributed by atoms with Gasteiger partial charge in [-0.25, -0.2) is 8.42 Å². The molecule has 0 aliphatic heterocycles. The predicted octanol–water partition coefficient (Wildman–Crippen LogP) is 2.45. The van der Waals surface area contributed by atoms with Crippen molar-refractivity contribution in [3.63, 3.8) is 0 Å². The maximum atomic E-state index is 11.1. The average molecular weight is 250 g/mol. The van der Waals surface area contributed by atoms with E-state index >= 15 is 0 Å². The van der Waals surface area contributed by atoms with Gasteiger partial charge in [-0.1, -0.05) is 11.6 Å². The fourth-order valence-electron chi connectivity index (χ4n) is 1.01. The summed E-state index contributed by atoms with van der Waals surface area (Å²) in [7, 11) is 1.22. The molecule has 0 amide bonds. The topological polar surface area (TPSA) is 57.9 Å². The number of aryl methyl sites for hydroxylation is 1. The molecule has 0 bridgehead atoms. The highest BCUT2D eigenvalue weighted by Crippen LogP contribution is 2.27. The van der Waals surface area contributed by atoms with Crippen molar-refractivity contribution in [3.05, 3.63) is 28.3 Å². The van der Waals surface area contributed by atoms with Gasteiger partial charge >= 0.3 is 0 Å². The Bertz CT molecular complexity index is 517. The number of halogens is 2.